The summed E-state index contributed by atoms with van der Waals surface area (Å²) in [4.78, 5) is 11.6. The summed E-state index contributed by atoms with van der Waals surface area (Å²) in [5.41, 5.74) is 3.17. The lowest BCUT2D eigenvalue weighted by Crippen LogP contribution is -2.32. The Hall–Kier alpha value is -1.71. The molecule has 1 amide bonds. The average Bonchev–Trinajstić information content (AvgIpc) is 2.34. The number of carbonyl (C=O) groups excluding carboxylic acids is 1. The average molecular weight is 262 g/mol. The topological polar surface area (TPSA) is 50.4 Å². The second-order valence-electron chi connectivity index (χ2n) is 5.88. The highest BCUT2D eigenvalue weighted by molar-refractivity contribution is 5.67. The lowest BCUT2D eigenvalue weighted by Gasteiger charge is -2.21. The quantitative estimate of drug-likeness (QED) is 0.861. The highest BCUT2D eigenvalue weighted by Crippen LogP contribution is 2.23. The van der Waals surface area contributed by atoms with E-state index in [2.05, 4.69) is 28.8 Å². The molecular weight excluding hydrogens is 240 g/mol. The van der Waals surface area contributed by atoms with Gasteiger partial charge >= 0.3 is 6.09 Å². The van der Waals surface area contributed by atoms with Crippen LogP contribution in [0.1, 0.15) is 38.3 Å². The highest BCUT2D eigenvalue weighted by atomic mass is 16.6. The van der Waals surface area contributed by atoms with Crippen molar-refractivity contribution in [3.8, 4) is 0 Å². The molecule has 4 nitrogen and oxygen atoms in total. The van der Waals surface area contributed by atoms with Crippen LogP contribution in [0, 0.1) is 0 Å². The number of aryl methyl sites for hydroxylation is 1. The van der Waals surface area contributed by atoms with Gasteiger partial charge in [-0.2, -0.15) is 0 Å². The normalized spacial score (nSPS) is 14.3. The van der Waals surface area contributed by atoms with Crippen molar-refractivity contribution in [1.82, 2.24) is 5.32 Å². The maximum Gasteiger partial charge on any atom is 0.407 e. The molecule has 0 saturated heterocycles. The van der Waals surface area contributed by atoms with Crippen LogP contribution in [0.15, 0.2) is 18.2 Å². The lowest BCUT2D eigenvalue weighted by molar-refractivity contribution is 0.0523. The summed E-state index contributed by atoms with van der Waals surface area (Å²) >= 11 is 0. The molecular formula is C15H22N2O2. The van der Waals surface area contributed by atoms with E-state index in [0.29, 0.717) is 6.54 Å². The fourth-order valence-electron chi connectivity index (χ4n) is 2.11. The van der Waals surface area contributed by atoms with Gasteiger partial charge in [0, 0.05) is 18.8 Å². The van der Waals surface area contributed by atoms with Crippen molar-refractivity contribution in [3.63, 3.8) is 0 Å². The summed E-state index contributed by atoms with van der Waals surface area (Å²) in [5.74, 6) is 0. The van der Waals surface area contributed by atoms with Gasteiger partial charge in [-0.05, 0) is 50.8 Å². The zero-order chi connectivity index (χ0) is 13.9. The molecule has 2 rings (SSSR count). The first-order valence-corrected chi connectivity index (χ1v) is 6.76. The van der Waals surface area contributed by atoms with E-state index in [1.165, 1.54) is 17.7 Å². The molecule has 19 heavy (non-hydrogen) atoms. The minimum absolute atomic E-state index is 0.377. The summed E-state index contributed by atoms with van der Waals surface area (Å²) in [6.45, 7) is 7.08. The number of fused-ring (bicyclic) bond motifs is 1. The Morgan fingerprint density at radius 2 is 2.21 bits per heavy atom. The van der Waals surface area contributed by atoms with Gasteiger partial charge in [0.25, 0.3) is 0 Å². The van der Waals surface area contributed by atoms with Gasteiger partial charge < -0.3 is 15.4 Å². The van der Waals surface area contributed by atoms with Crippen molar-refractivity contribution in [3.05, 3.63) is 29.3 Å². The predicted molar refractivity (Wildman–Crippen MR) is 76.3 cm³/mol. The van der Waals surface area contributed by atoms with Crippen LogP contribution in [-0.4, -0.2) is 18.2 Å². The van der Waals surface area contributed by atoms with E-state index in [1.54, 1.807) is 0 Å². The molecule has 0 radical (unpaired) electrons. The molecule has 0 saturated carbocycles. The Labute approximate surface area is 114 Å². The van der Waals surface area contributed by atoms with Crippen molar-refractivity contribution in [2.45, 2.75) is 45.8 Å². The van der Waals surface area contributed by atoms with E-state index in [-0.39, 0.29) is 6.09 Å². The van der Waals surface area contributed by atoms with Crippen LogP contribution in [0.2, 0.25) is 0 Å². The zero-order valence-electron chi connectivity index (χ0n) is 11.9. The molecule has 4 heteroatoms. The largest absolute Gasteiger partial charge is 0.444 e. The van der Waals surface area contributed by atoms with Gasteiger partial charge in [0.1, 0.15) is 5.60 Å². The van der Waals surface area contributed by atoms with E-state index in [1.807, 2.05) is 20.8 Å². The first-order chi connectivity index (χ1) is 8.94. The maximum absolute atomic E-state index is 11.6. The third-order valence-electron chi connectivity index (χ3n) is 2.95. The second-order valence-corrected chi connectivity index (χ2v) is 5.88. The maximum atomic E-state index is 11.6. The number of carbonyl (C=O) groups is 1. The molecule has 0 unspecified atom stereocenters. The molecule has 0 bridgehead atoms. The van der Waals surface area contributed by atoms with Crippen molar-refractivity contribution >= 4 is 11.8 Å². The summed E-state index contributed by atoms with van der Waals surface area (Å²) in [6.07, 6.45) is 1.93. The van der Waals surface area contributed by atoms with Gasteiger partial charge in [0.15, 0.2) is 0 Å². The third-order valence-corrected chi connectivity index (χ3v) is 2.95. The molecule has 1 aliphatic heterocycles. The SMILES string of the molecule is CC(C)(C)OC(=O)NCc1ccc2c(c1)NCCC2. The Bertz CT molecular complexity index is 464. The molecule has 1 aromatic rings. The standard InChI is InChI=1S/C15H22N2O2/c1-15(2,3)19-14(18)17-10-11-6-7-12-5-4-8-16-13(12)9-11/h6-7,9,16H,4-5,8,10H2,1-3H3,(H,17,18). The fourth-order valence-corrected chi connectivity index (χ4v) is 2.11. The van der Waals surface area contributed by atoms with Crippen LogP contribution in [0.4, 0.5) is 10.5 Å². The van der Waals surface area contributed by atoms with Crippen LogP contribution in [0.3, 0.4) is 0 Å². The second kappa shape index (κ2) is 5.51. The molecule has 0 fully saturated rings. The monoisotopic (exact) mass is 262 g/mol. The van der Waals surface area contributed by atoms with E-state index < -0.39 is 5.60 Å². The molecule has 0 aliphatic carbocycles. The van der Waals surface area contributed by atoms with E-state index >= 15 is 0 Å². The van der Waals surface area contributed by atoms with Crippen molar-refractivity contribution < 1.29 is 9.53 Å². The minimum Gasteiger partial charge on any atom is -0.444 e. The number of benzene rings is 1. The van der Waals surface area contributed by atoms with Crippen LogP contribution >= 0.6 is 0 Å². The predicted octanol–water partition coefficient (Wildman–Crippen LogP) is 3.07. The molecule has 1 aromatic carbocycles. The molecule has 2 N–H and O–H groups in total. The summed E-state index contributed by atoms with van der Waals surface area (Å²) in [6, 6.07) is 6.29. The Morgan fingerprint density at radius 3 is 2.95 bits per heavy atom. The molecule has 1 heterocycles. The van der Waals surface area contributed by atoms with E-state index in [9.17, 15) is 4.79 Å². The molecule has 0 aromatic heterocycles. The first-order valence-electron chi connectivity index (χ1n) is 6.76. The Kier molecular flexibility index (Phi) is 3.98. The van der Waals surface area contributed by atoms with Crippen LogP contribution in [-0.2, 0) is 17.7 Å². The van der Waals surface area contributed by atoms with Crippen molar-refractivity contribution in [2.75, 3.05) is 11.9 Å². The minimum atomic E-state index is -0.457. The number of ether oxygens (including phenoxy) is 1. The van der Waals surface area contributed by atoms with Crippen LogP contribution in [0.5, 0.6) is 0 Å². The summed E-state index contributed by atoms with van der Waals surface area (Å²) in [7, 11) is 0. The number of hydrogen-bond donors (Lipinski definition) is 2. The Balaban J connectivity index is 1.91. The Morgan fingerprint density at radius 1 is 1.42 bits per heavy atom. The number of rotatable bonds is 2. The van der Waals surface area contributed by atoms with Crippen molar-refractivity contribution in [1.29, 1.82) is 0 Å². The van der Waals surface area contributed by atoms with Gasteiger partial charge in [-0.1, -0.05) is 12.1 Å². The molecule has 1 aliphatic rings. The number of anilines is 1. The first kappa shape index (κ1) is 13.7. The number of amides is 1. The number of alkyl carbamates (subject to hydrolysis) is 1. The van der Waals surface area contributed by atoms with Crippen LogP contribution < -0.4 is 10.6 Å². The van der Waals surface area contributed by atoms with E-state index in [0.717, 1.165) is 18.5 Å². The molecule has 0 spiro atoms. The van der Waals surface area contributed by atoms with Gasteiger partial charge in [-0.3, -0.25) is 0 Å². The van der Waals surface area contributed by atoms with Gasteiger partial charge in [-0.25, -0.2) is 4.79 Å². The van der Waals surface area contributed by atoms with Gasteiger partial charge in [-0.15, -0.1) is 0 Å². The van der Waals surface area contributed by atoms with Gasteiger partial charge in [0.05, 0.1) is 0 Å². The number of hydrogen-bond acceptors (Lipinski definition) is 3. The third kappa shape index (κ3) is 4.16. The fraction of sp³-hybridized carbons (Fsp3) is 0.533. The highest BCUT2D eigenvalue weighted by Gasteiger charge is 2.16. The number of nitrogens with one attached hydrogen (secondary N) is 2. The van der Waals surface area contributed by atoms with E-state index in [4.69, 9.17) is 4.74 Å². The van der Waals surface area contributed by atoms with Gasteiger partial charge in [0.2, 0.25) is 0 Å². The smallest absolute Gasteiger partial charge is 0.407 e. The summed E-state index contributed by atoms with van der Waals surface area (Å²) < 4.78 is 5.21. The lowest BCUT2D eigenvalue weighted by atomic mass is 10.0. The summed E-state index contributed by atoms with van der Waals surface area (Å²) in [5, 5.41) is 6.16. The van der Waals surface area contributed by atoms with Crippen LogP contribution in [0.25, 0.3) is 0 Å². The zero-order valence-corrected chi connectivity index (χ0v) is 11.9. The molecule has 0 atom stereocenters. The molecule has 104 valence electrons. The van der Waals surface area contributed by atoms with Crippen molar-refractivity contribution in [2.24, 2.45) is 0 Å².